The highest BCUT2D eigenvalue weighted by Gasteiger charge is 2.22. The Morgan fingerprint density at radius 2 is 1.75 bits per heavy atom. The lowest BCUT2D eigenvalue weighted by atomic mass is 9.95. The van der Waals surface area contributed by atoms with Crippen LogP contribution in [0.5, 0.6) is 5.75 Å². The Hall–Kier alpha value is -2.90. The van der Waals surface area contributed by atoms with E-state index < -0.39 is 0 Å². The summed E-state index contributed by atoms with van der Waals surface area (Å²) in [5, 5.41) is 16.9. The maximum atomic E-state index is 6.04. The zero-order chi connectivity index (χ0) is 21.9. The van der Waals surface area contributed by atoms with Crippen LogP contribution in [-0.2, 0) is 0 Å². The molecule has 2 heterocycles. The van der Waals surface area contributed by atoms with Gasteiger partial charge in [-0.15, -0.1) is 26.3 Å². The second-order valence-corrected chi connectivity index (χ2v) is 9.20. The van der Waals surface area contributed by atoms with Crippen LogP contribution in [-0.4, -0.2) is 33.1 Å². The molecule has 164 valence electrons. The highest BCUT2D eigenvalue weighted by atomic mass is 35.5. The van der Waals surface area contributed by atoms with Crippen molar-refractivity contribution in [1.29, 1.82) is 0 Å². The Morgan fingerprint density at radius 1 is 1.00 bits per heavy atom. The molecule has 1 N–H and O–H groups in total. The molecular weight excluding hydrogens is 442 g/mol. The van der Waals surface area contributed by atoms with Gasteiger partial charge in [-0.05, 0) is 49.2 Å². The maximum Gasteiger partial charge on any atom is 0.179 e. The average Bonchev–Trinajstić information content (AvgIpc) is 3.48. The lowest BCUT2D eigenvalue weighted by molar-refractivity contribution is 0.414. The van der Waals surface area contributed by atoms with Gasteiger partial charge < -0.3 is 10.1 Å². The smallest absolute Gasteiger partial charge is 0.179 e. The summed E-state index contributed by atoms with van der Waals surface area (Å²) in [6.45, 7) is 0. The summed E-state index contributed by atoms with van der Waals surface area (Å²) >= 11 is 7.61. The molecule has 0 atom stereocenters. The molecule has 0 amide bonds. The fourth-order valence-electron chi connectivity index (χ4n) is 3.95. The molecule has 2 aromatic heterocycles. The molecule has 2 aromatic carbocycles. The van der Waals surface area contributed by atoms with Crippen molar-refractivity contribution in [3.8, 4) is 33.4 Å². The molecular formula is C24H24ClN5OS. The highest BCUT2D eigenvalue weighted by Crippen LogP contribution is 2.33. The van der Waals surface area contributed by atoms with Crippen molar-refractivity contribution in [2.45, 2.75) is 38.1 Å². The first-order valence-electron chi connectivity index (χ1n) is 10.8. The molecule has 0 bridgehead atoms. The van der Waals surface area contributed by atoms with Crippen LogP contribution in [0, 0.1) is 0 Å². The number of halogens is 1. The van der Waals surface area contributed by atoms with Crippen LogP contribution in [0.1, 0.15) is 32.1 Å². The fourth-order valence-corrected chi connectivity index (χ4v) is 4.89. The van der Waals surface area contributed by atoms with Gasteiger partial charge in [0.25, 0.3) is 0 Å². The summed E-state index contributed by atoms with van der Waals surface area (Å²) in [6.07, 6.45) is 6.11. The predicted octanol–water partition coefficient (Wildman–Crippen LogP) is 6.46. The normalized spacial score (nSPS) is 14.4. The van der Waals surface area contributed by atoms with Gasteiger partial charge in [-0.1, -0.05) is 43.0 Å². The summed E-state index contributed by atoms with van der Waals surface area (Å²) in [6, 6.07) is 15.9. The van der Waals surface area contributed by atoms with E-state index in [1.54, 1.807) is 23.2 Å². The van der Waals surface area contributed by atoms with Gasteiger partial charge in [0.15, 0.2) is 11.5 Å². The Balaban J connectivity index is 1.50. The van der Waals surface area contributed by atoms with E-state index in [0.717, 1.165) is 52.1 Å². The lowest BCUT2D eigenvalue weighted by Crippen LogP contribution is -2.22. The van der Waals surface area contributed by atoms with Gasteiger partial charge in [-0.25, -0.2) is 4.98 Å². The van der Waals surface area contributed by atoms with E-state index in [-0.39, 0.29) is 0 Å². The summed E-state index contributed by atoms with van der Waals surface area (Å²) in [7, 11) is 1.66. The van der Waals surface area contributed by atoms with E-state index in [4.69, 9.17) is 31.5 Å². The molecule has 0 spiro atoms. The van der Waals surface area contributed by atoms with Crippen molar-refractivity contribution < 1.29 is 4.74 Å². The van der Waals surface area contributed by atoms with Crippen molar-refractivity contribution in [1.82, 2.24) is 20.0 Å². The molecule has 1 saturated carbocycles. The van der Waals surface area contributed by atoms with Crippen LogP contribution < -0.4 is 10.1 Å². The number of thiazole rings is 1. The van der Waals surface area contributed by atoms with E-state index in [0.29, 0.717) is 11.1 Å². The van der Waals surface area contributed by atoms with Crippen LogP contribution in [0.25, 0.3) is 27.6 Å². The minimum atomic E-state index is 0.416. The number of rotatable bonds is 6. The summed E-state index contributed by atoms with van der Waals surface area (Å²) in [5.41, 5.74) is 3.58. The first-order valence-corrected chi connectivity index (χ1v) is 12.1. The zero-order valence-electron chi connectivity index (χ0n) is 17.8. The van der Waals surface area contributed by atoms with Crippen LogP contribution in [0.3, 0.4) is 0 Å². The van der Waals surface area contributed by atoms with Crippen LogP contribution in [0.4, 0.5) is 5.82 Å². The number of nitrogens with one attached hydrogen (secondary N) is 1. The molecule has 0 unspecified atom stereocenters. The molecule has 1 fully saturated rings. The van der Waals surface area contributed by atoms with Crippen molar-refractivity contribution in [3.05, 3.63) is 58.9 Å². The molecule has 5 rings (SSSR count). The van der Waals surface area contributed by atoms with E-state index in [1.165, 1.54) is 19.3 Å². The van der Waals surface area contributed by atoms with Crippen LogP contribution in [0.2, 0.25) is 5.02 Å². The van der Waals surface area contributed by atoms with Gasteiger partial charge in [0.05, 0.1) is 18.5 Å². The maximum absolute atomic E-state index is 6.04. The minimum Gasteiger partial charge on any atom is -0.497 e. The van der Waals surface area contributed by atoms with Crippen molar-refractivity contribution in [2.75, 3.05) is 12.4 Å². The Kier molecular flexibility index (Phi) is 6.10. The first-order chi connectivity index (χ1) is 15.7. The molecule has 32 heavy (non-hydrogen) atoms. The Morgan fingerprint density at radius 3 is 2.47 bits per heavy atom. The molecule has 1 aliphatic rings. The third-order valence-corrected chi connectivity index (χ3v) is 6.81. The van der Waals surface area contributed by atoms with E-state index in [9.17, 15) is 0 Å². The second kappa shape index (κ2) is 9.30. The molecule has 8 heteroatoms. The highest BCUT2D eigenvalue weighted by molar-refractivity contribution is 7.13. The minimum absolute atomic E-state index is 0.416. The number of hydrogen-bond donors (Lipinski definition) is 1. The zero-order valence-corrected chi connectivity index (χ0v) is 19.4. The number of anilines is 1. The predicted molar refractivity (Wildman–Crippen MR) is 130 cm³/mol. The van der Waals surface area contributed by atoms with Crippen LogP contribution in [0.15, 0.2) is 53.9 Å². The van der Waals surface area contributed by atoms with Gasteiger partial charge in [-0.3, -0.25) is 0 Å². The molecule has 0 aliphatic heterocycles. The van der Waals surface area contributed by atoms with Gasteiger partial charge in [-0.2, -0.15) is 0 Å². The molecule has 6 nitrogen and oxygen atoms in total. The SMILES string of the molecule is COc1ccc(-n2nc(NC3CCCCC3)c(-c3nc(-c4ccc(Cl)cc4)cs3)n2)cc1. The Labute approximate surface area is 196 Å². The third kappa shape index (κ3) is 4.49. The van der Waals surface area contributed by atoms with Gasteiger partial charge >= 0.3 is 0 Å². The fraction of sp³-hybridized carbons (Fsp3) is 0.292. The van der Waals surface area contributed by atoms with E-state index in [1.807, 2.05) is 48.5 Å². The second-order valence-electron chi connectivity index (χ2n) is 7.91. The standard InChI is InChI=1S/C24H24ClN5OS/c1-31-20-13-11-19(12-14-20)30-28-22(23(29-30)26-18-5-3-2-4-6-18)24-27-21(15-32-24)16-7-9-17(25)10-8-16/h7-15,18H,2-6H2,1H3,(H,26,29). The number of nitrogens with zero attached hydrogens (tertiary/aromatic N) is 4. The van der Waals surface area contributed by atoms with Crippen molar-refractivity contribution >= 4 is 28.8 Å². The quantitative estimate of drug-likeness (QED) is 0.353. The van der Waals surface area contributed by atoms with Crippen molar-refractivity contribution in [3.63, 3.8) is 0 Å². The van der Waals surface area contributed by atoms with E-state index >= 15 is 0 Å². The topological polar surface area (TPSA) is 64.9 Å². The summed E-state index contributed by atoms with van der Waals surface area (Å²) < 4.78 is 5.28. The van der Waals surface area contributed by atoms with E-state index in [2.05, 4.69) is 10.7 Å². The average molecular weight is 466 g/mol. The number of hydrogen-bond acceptors (Lipinski definition) is 6. The van der Waals surface area contributed by atoms with Crippen LogP contribution >= 0.6 is 22.9 Å². The summed E-state index contributed by atoms with van der Waals surface area (Å²) in [4.78, 5) is 6.54. The molecule has 0 radical (unpaired) electrons. The molecule has 1 aliphatic carbocycles. The summed E-state index contributed by atoms with van der Waals surface area (Å²) in [5.74, 6) is 1.58. The van der Waals surface area contributed by atoms with Gasteiger partial charge in [0.1, 0.15) is 10.8 Å². The molecule has 0 saturated heterocycles. The monoisotopic (exact) mass is 465 g/mol. The Bertz CT molecular complexity index is 1180. The number of aromatic nitrogens is 4. The first kappa shape index (κ1) is 21.0. The van der Waals surface area contributed by atoms with Crippen molar-refractivity contribution in [2.24, 2.45) is 0 Å². The third-order valence-electron chi connectivity index (χ3n) is 5.71. The number of benzene rings is 2. The lowest BCUT2D eigenvalue weighted by Gasteiger charge is -2.22. The molecule has 4 aromatic rings. The number of ether oxygens (including phenoxy) is 1. The van der Waals surface area contributed by atoms with Gasteiger partial charge in [0.2, 0.25) is 0 Å². The largest absolute Gasteiger partial charge is 0.497 e. The van der Waals surface area contributed by atoms with Gasteiger partial charge in [0, 0.05) is 22.0 Å². The number of methoxy groups -OCH3 is 1.